The predicted octanol–water partition coefficient (Wildman–Crippen LogP) is 3.83. The first-order valence-electron chi connectivity index (χ1n) is 9.08. The molecule has 1 aliphatic rings. The highest BCUT2D eigenvalue weighted by molar-refractivity contribution is 7.17. The van der Waals surface area contributed by atoms with Crippen LogP contribution in [-0.2, 0) is 0 Å². The maximum Gasteiger partial charge on any atom is 0.270 e. The molecule has 0 spiro atoms. The van der Waals surface area contributed by atoms with Gasteiger partial charge in [-0.2, -0.15) is 0 Å². The number of aryl methyl sites for hydroxylation is 1. The molecule has 7 heteroatoms. The first kappa shape index (κ1) is 17.9. The van der Waals surface area contributed by atoms with Gasteiger partial charge in [-0.15, -0.1) is 11.3 Å². The number of carbonyl (C=O) groups excluding carboxylic acids is 1. The molecular weight excluding hydrogens is 362 g/mol. The number of hydrogen-bond donors (Lipinski definition) is 2. The minimum atomic E-state index is -0.498. The minimum absolute atomic E-state index is 0.225. The van der Waals surface area contributed by atoms with Crippen LogP contribution in [0.4, 0.5) is 0 Å². The van der Waals surface area contributed by atoms with Crippen molar-refractivity contribution < 1.29 is 14.6 Å². The Morgan fingerprint density at radius 3 is 2.93 bits per heavy atom. The van der Waals surface area contributed by atoms with Gasteiger partial charge in [0.15, 0.2) is 0 Å². The van der Waals surface area contributed by atoms with Crippen molar-refractivity contribution in [3.8, 4) is 11.5 Å². The summed E-state index contributed by atoms with van der Waals surface area (Å²) in [6, 6.07) is 7.02. The molecule has 0 radical (unpaired) electrons. The highest BCUT2D eigenvalue weighted by atomic mass is 32.1. The molecule has 1 saturated carbocycles. The van der Waals surface area contributed by atoms with Crippen LogP contribution in [0.1, 0.15) is 41.9 Å². The van der Waals surface area contributed by atoms with E-state index < -0.39 is 6.10 Å². The maximum atomic E-state index is 12.7. The Kier molecular flexibility index (Phi) is 5.05. The van der Waals surface area contributed by atoms with E-state index in [-0.39, 0.29) is 17.6 Å². The van der Waals surface area contributed by atoms with Crippen LogP contribution in [0.25, 0.3) is 10.2 Å². The van der Waals surface area contributed by atoms with Crippen LogP contribution in [0.5, 0.6) is 11.5 Å². The lowest BCUT2D eigenvalue weighted by Gasteiger charge is -2.28. The molecule has 0 bridgehead atoms. The van der Waals surface area contributed by atoms with Crippen molar-refractivity contribution in [1.29, 1.82) is 0 Å². The number of fused-ring (bicyclic) bond motifs is 1. The molecule has 0 aliphatic heterocycles. The van der Waals surface area contributed by atoms with E-state index >= 15 is 0 Å². The number of aliphatic hydroxyl groups excluding tert-OH is 1. The standard InChI is InChI=1S/C20H21N3O3S/c1-12-6-7-13(11-21-12)26-18-10-16(22-15-8-9-27-19(15)18)20(25)23-14-4-2-3-5-17(14)24/h6-11,14,17,24H,2-5H2,1H3,(H,23,25)/t14-,17-/m0/s1. The number of carbonyl (C=O) groups is 1. The van der Waals surface area contributed by atoms with Crippen molar-refractivity contribution >= 4 is 27.5 Å². The zero-order valence-corrected chi connectivity index (χ0v) is 15.8. The molecule has 1 amide bonds. The van der Waals surface area contributed by atoms with E-state index in [2.05, 4.69) is 15.3 Å². The van der Waals surface area contributed by atoms with E-state index in [0.717, 1.165) is 36.1 Å². The Hall–Kier alpha value is -2.51. The Morgan fingerprint density at radius 2 is 2.15 bits per heavy atom. The Bertz CT molecular complexity index is 955. The number of nitrogens with zero attached hydrogens (tertiary/aromatic N) is 2. The van der Waals surface area contributed by atoms with Crippen molar-refractivity contribution in [2.75, 3.05) is 0 Å². The van der Waals surface area contributed by atoms with Crippen LogP contribution in [-0.4, -0.2) is 33.1 Å². The molecule has 2 N–H and O–H groups in total. The SMILES string of the molecule is Cc1ccc(Oc2cc(C(=O)N[C@H]3CCCC[C@@H]3O)nc3ccsc23)cn1. The summed E-state index contributed by atoms with van der Waals surface area (Å²) in [7, 11) is 0. The third-order valence-corrected chi connectivity index (χ3v) is 5.69. The van der Waals surface area contributed by atoms with Crippen LogP contribution in [0, 0.1) is 6.92 Å². The van der Waals surface area contributed by atoms with E-state index in [9.17, 15) is 9.90 Å². The quantitative estimate of drug-likeness (QED) is 0.715. The van der Waals surface area contributed by atoms with Gasteiger partial charge in [0.1, 0.15) is 17.2 Å². The Morgan fingerprint density at radius 1 is 1.30 bits per heavy atom. The first-order valence-corrected chi connectivity index (χ1v) is 9.96. The van der Waals surface area contributed by atoms with Gasteiger partial charge in [-0.1, -0.05) is 12.8 Å². The van der Waals surface area contributed by atoms with Crippen LogP contribution >= 0.6 is 11.3 Å². The zero-order valence-electron chi connectivity index (χ0n) is 15.0. The minimum Gasteiger partial charge on any atom is -0.454 e. The third-order valence-electron chi connectivity index (χ3n) is 4.77. The van der Waals surface area contributed by atoms with E-state index in [0.29, 0.717) is 17.0 Å². The molecule has 1 aliphatic carbocycles. The number of aliphatic hydroxyl groups is 1. The first-order chi connectivity index (χ1) is 13.1. The summed E-state index contributed by atoms with van der Waals surface area (Å²) >= 11 is 1.51. The second-order valence-corrected chi connectivity index (χ2v) is 7.73. The second-order valence-electron chi connectivity index (χ2n) is 6.81. The monoisotopic (exact) mass is 383 g/mol. The molecular formula is C20H21N3O3S. The second kappa shape index (κ2) is 7.62. The van der Waals surface area contributed by atoms with Gasteiger partial charge < -0.3 is 15.2 Å². The van der Waals surface area contributed by atoms with Crippen LogP contribution in [0.2, 0.25) is 0 Å². The molecule has 6 nitrogen and oxygen atoms in total. The maximum absolute atomic E-state index is 12.7. The summed E-state index contributed by atoms with van der Waals surface area (Å²) in [5.74, 6) is 0.895. The molecule has 3 aromatic rings. The highest BCUT2D eigenvalue weighted by Crippen LogP contribution is 2.33. The van der Waals surface area contributed by atoms with Gasteiger partial charge in [0.25, 0.3) is 5.91 Å². The molecule has 3 heterocycles. The van der Waals surface area contributed by atoms with Crippen molar-refractivity contribution in [3.63, 3.8) is 0 Å². The molecule has 4 rings (SSSR count). The highest BCUT2D eigenvalue weighted by Gasteiger charge is 2.26. The Balaban J connectivity index is 1.61. The van der Waals surface area contributed by atoms with E-state index in [1.807, 2.05) is 30.5 Å². The van der Waals surface area contributed by atoms with Crippen molar-refractivity contribution in [2.24, 2.45) is 0 Å². The van der Waals surface area contributed by atoms with Gasteiger partial charge in [0.05, 0.1) is 28.6 Å². The predicted molar refractivity (Wildman–Crippen MR) is 104 cm³/mol. The summed E-state index contributed by atoms with van der Waals surface area (Å²) < 4.78 is 6.86. The Labute approximate surface area is 161 Å². The normalized spacial score (nSPS) is 19.8. The van der Waals surface area contributed by atoms with Gasteiger partial charge >= 0.3 is 0 Å². The van der Waals surface area contributed by atoms with Gasteiger partial charge in [-0.3, -0.25) is 9.78 Å². The fraction of sp³-hybridized carbons (Fsp3) is 0.350. The lowest BCUT2D eigenvalue weighted by molar-refractivity contribution is 0.0714. The van der Waals surface area contributed by atoms with Crippen molar-refractivity contribution in [3.05, 3.63) is 47.2 Å². The number of hydrogen-bond acceptors (Lipinski definition) is 6. The number of thiophene rings is 1. The van der Waals surface area contributed by atoms with Gasteiger partial charge in [0, 0.05) is 11.8 Å². The summed E-state index contributed by atoms with van der Waals surface area (Å²) in [6.45, 7) is 1.91. The summed E-state index contributed by atoms with van der Waals surface area (Å²) in [5.41, 5.74) is 1.91. The molecule has 0 unspecified atom stereocenters. The van der Waals surface area contributed by atoms with E-state index in [1.165, 1.54) is 11.3 Å². The smallest absolute Gasteiger partial charge is 0.270 e. The number of pyridine rings is 2. The van der Waals surface area contributed by atoms with Crippen molar-refractivity contribution in [1.82, 2.24) is 15.3 Å². The van der Waals surface area contributed by atoms with Gasteiger partial charge in [-0.25, -0.2) is 4.98 Å². The fourth-order valence-corrected chi connectivity index (χ4v) is 4.07. The molecule has 3 aromatic heterocycles. The summed E-state index contributed by atoms with van der Waals surface area (Å²) in [6.07, 6.45) is 4.67. The molecule has 2 atom stereocenters. The third kappa shape index (κ3) is 3.94. The molecule has 0 aromatic carbocycles. The van der Waals surface area contributed by atoms with Gasteiger partial charge in [-0.05, 0) is 43.3 Å². The summed E-state index contributed by atoms with van der Waals surface area (Å²) in [5, 5.41) is 15.0. The molecule has 0 saturated heterocycles. The number of amides is 1. The number of aromatic nitrogens is 2. The zero-order chi connectivity index (χ0) is 18.8. The topological polar surface area (TPSA) is 84.3 Å². The molecule has 27 heavy (non-hydrogen) atoms. The molecule has 140 valence electrons. The van der Waals surface area contributed by atoms with E-state index in [1.54, 1.807) is 12.3 Å². The summed E-state index contributed by atoms with van der Waals surface area (Å²) in [4.78, 5) is 21.4. The number of ether oxygens (including phenoxy) is 1. The van der Waals surface area contributed by atoms with Crippen LogP contribution in [0.3, 0.4) is 0 Å². The molecule has 1 fully saturated rings. The van der Waals surface area contributed by atoms with E-state index in [4.69, 9.17) is 4.74 Å². The average molecular weight is 383 g/mol. The lowest BCUT2D eigenvalue weighted by atomic mass is 9.92. The van der Waals surface area contributed by atoms with Crippen molar-refractivity contribution in [2.45, 2.75) is 44.8 Å². The fourth-order valence-electron chi connectivity index (χ4n) is 3.28. The van der Waals surface area contributed by atoms with Gasteiger partial charge in [0.2, 0.25) is 0 Å². The average Bonchev–Trinajstić information content (AvgIpc) is 3.14. The number of nitrogens with one attached hydrogen (secondary N) is 1. The van der Waals surface area contributed by atoms with Crippen LogP contribution in [0.15, 0.2) is 35.8 Å². The van der Waals surface area contributed by atoms with Crippen LogP contribution < -0.4 is 10.1 Å². The lowest BCUT2D eigenvalue weighted by Crippen LogP contribution is -2.45. The number of rotatable bonds is 4. The largest absolute Gasteiger partial charge is 0.454 e.